The average Bonchev–Trinajstić information content (AvgIpc) is 2.50. The Morgan fingerprint density at radius 2 is 1.65 bits per heavy atom. The van der Waals surface area contributed by atoms with Gasteiger partial charge in [-0.1, -0.05) is 13.8 Å². The highest BCUT2D eigenvalue weighted by Gasteiger charge is 2.18. The molecule has 1 aliphatic rings. The first-order valence-electron chi connectivity index (χ1n) is 7.07. The Balaban J connectivity index is 0.000000956. The van der Waals surface area contributed by atoms with E-state index in [1.54, 1.807) is 7.11 Å². The molecular formula is C15H25N3O2. The minimum atomic E-state index is -0.0340. The van der Waals surface area contributed by atoms with Gasteiger partial charge in [-0.25, -0.2) is 4.79 Å². The van der Waals surface area contributed by atoms with Crippen LogP contribution < -0.4 is 10.1 Å². The predicted octanol–water partition coefficient (Wildman–Crippen LogP) is 2.50. The highest BCUT2D eigenvalue weighted by molar-refractivity contribution is 5.89. The minimum absolute atomic E-state index is 0.0340. The molecule has 1 aromatic carbocycles. The number of urea groups is 1. The number of hydrogen-bond donors (Lipinski definition) is 1. The van der Waals surface area contributed by atoms with Crippen LogP contribution in [0.25, 0.3) is 0 Å². The first-order chi connectivity index (χ1) is 9.69. The lowest BCUT2D eigenvalue weighted by Gasteiger charge is -2.32. The van der Waals surface area contributed by atoms with Crippen molar-refractivity contribution in [2.45, 2.75) is 13.8 Å². The van der Waals surface area contributed by atoms with E-state index >= 15 is 0 Å². The van der Waals surface area contributed by atoms with E-state index in [0.29, 0.717) is 0 Å². The highest BCUT2D eigenvalue weighted by atomic mass is 16.5. The van der Waals surface area contributed by atoms with Gasteiger partial charge in [0.2, 0.25) is 0 Å². The molecule has 1 heterocycles. The quantitative estimate of drug-likeness (QED) is 0.904. The number of nitrogens with one attached hydrogen (secondary N) is 1. The van der Waals surface area contributed by atoms with E-state index in [-0.39, 0.29) is 6.03 Å². The van der Waals surface area contributed by atoms with Gasteiger partial charge in [0, 0.05) is 31.9 Å². The SMILES string of the molecule is CC.COc1ccc(NC(=O)N2CCN(C)CC2)cc1. The third kappa shape index (κ3) is 4.74. The smallest absolute Gasteiger partial charge is 0.321 e. The Bertz CT molecular complexity index is 398. The van der Waals surface area contributed by atoms with E-state index in [1.807, 2.05) is 43.0 Å². The zero-order valence-electron chi connectivity index (χ0n) is 12.8. The number of piperazine rings is 1. The van der Waals surface area contributed by atoms with Crippen molar-refractivity contribution >= 4 is 11.7 Å². The van der Waals surface area contributed by atoms with Crippen LogP contribution in [0.2, 0.25) is 0 Å². The number of benzene rings is 1. The summed E-state index contributed by atoms with van der Waals surface area (Å²) in [5.41, 5.74) is 0.791. The summed E-state index contributed by atoms with van der Waals surface area (Å²) in [5, 5.41) is 2.89. The monoisotopic (exact) mass is 279 g/mol. The van der Waals surface area contributed by atoms with Gasteiger partial charge in [0.15, 0.2) is 0 Å². The molecule has 1 aromatic rings. The molecule has 0 aromatic heterocycles. The number of carbonyl (C=O) groups excluding carboxylic acids is 1. The molecule has 0 radical (unpaired) electrons. The summed E-state index contributed by atoms with van der Waals surface area (Å²) in [6.07, 6.45) is 0. The second-order valence-corrected chi connectivity index (χ2v) is 4.45. The average molecular weight is 279 g/mol. The van der Waals surface area contributed by atoms with Crippen LogP contribution in [-0.2, 0) is 0 Å². The molecule has 0 aliphatic carbocycles. The lowest BCUT2D eigenvalue weighted by atomic mass is 10.3. The lowest BCUT2D eigenvalue weighted by Crippen LogP contribution is -2.48. The number of likely N-dealkylation sites (N-methyl/N-ethyl adjacent to an activating group) is 1. The third-order valence-corrected chi connectivity index (χ3v) is 3.13. The summed E-state index contributed by atoms with van der Waals surface area (Å²) in [4.78, 5) is 16.1. The van der Waals surface area contributed by atoms with Gasteiger partial charge < -0.3 is 19.9 Å². The molecule has 1 fully saturated rings. The molecule has 1 N–H and O–H groups in total. The predicted molar refractivity (Wildman–Crippen MR) is 82.4 cm³/mol. The molecule has 0 atom stereocenters. The lowest BCUT2D eigenvalue weighted by molar-refractivity contribution is 0.164. The van der Waals surface area contributed by atoms with Gasteiger partial charge in [-0.05, 0) is 31.3 Å². The normalized spacial score (nSPS) is 15.1. The molecule has 1 aliphatic heterocycles. The van der Waals surface area contributed by atoms with Crippen molar-refractivity contribution in [3.63, 3.8) is 0 Å². The maximum Gasteiger partial charge on any atom is 0.321 e. The van der Waals surface area contributed by atoms with Gasteiger partial charge in [0.05, 0.1) is 7.11 Å². The number of carbonyl (C=O) groups is 1. The first-order valence-corrected chi connectivity index (χ1v) is 7.07. The van der Waals surface area contributed by atoms with Crippen LogP contribution in [0.1, 0.15) is 13.8 Å². The van der Waals surface area contributed by atoms with Crippen molar-refractivity contribution in [2.24, 2.45) is 0 Å². The zero-order chi connectivity index (χ0) is 15.0. The Morgan fingerprint density at radius 1 is 1.10 bits per heavy atom. The fraction of sp³-hybridized carbons (Fsp3) is 0.533. The van der Waals surface area contributed by atoms with E-state index in [0.717, 1.165) is 37.6 Å². The van der Waals surface area contributed by atoms with Gasteiger partial charge in [-0.2, -0.15) is 0 Å². The molecule has 0 spiro atoms. The summed E-state index contributed by atoms with van der Waals surface area (Å²) >= 11 is 0. The third-order valence-electron chi connectivity index (χ3n) is 3.13. The van der Waals surface area contributed by atoms with Crippen LogP contribution in [0.3, 0.4) is 0 Å². The summed E-state index contributed by atoms with van der Waals surface area (Å²) in [6.45, 7) is 7.41. The van der Waals surface area contributed by atoms with E-state index in [1.165, 1.54) is 0 Å². The first kappa shape index (κ1) is 16.3. The Kier molecular flexibility index (Phi) is 6.87. The molecule has 20 heavy (non-hydrogen) atoms. The maximum atomic E-state index is 12.0. The van der Waals surface area contributed by atoms with Crippen molar-refractivity contribution in [3.05, 3.63) is 24.3 Å². The minimum Gasteiger partial charge on any atom is -0.497 e. The second-order valence-electron chi connectivity index (χ2n) is 4.45. The molecule has 5 heteroatoms. The Hall–Kier alpha value is -1.75. The van der Waals surface area contributed by atoms with Gasteiger partial charge >= 0.3 is 6.03 Å². The van der Waals surface area contributed by atoms with Crippen LogP contribution in [0.5, 0.6) is 5.75 Å². The van der Waals surface area contributed by atoms with Crippen LogP contribution in [0.4, 0.5) is 10.5 Å². The largest absolute Gasteiger partial charge is 0.497 e. The van der Waals surface area contributed by atoms with E-state index in [9.17, 15) is 4.79 Å². The van der Waals surface area contributed by atoms with Crippen molar-refractivity contribution in [1.29, 1.82) is 0 Å². The topological polar surface area (TPSA) is 44.8 Å². The summed E-state index contributed by atoms with van der Waals surface area (Å²) in [5.74, 6) is 0.785. The fourth-order valence-electron chi connectivity index (χ4n) is 1.89. The number of hydrogen-bond acceptors (Lipinski definition) is 3. The van der Waals surface area contributed by atoms with Crippen molar-refractivity contribution in [3.8, 4) is 5.75 Å². The van der Waals surface area contributed by atoms with Crippen LogP contribution in [0, 0.1) is 0 Å². The summed E-state index contributed by atoms with van der Waals surface area (Å²) < 4.78 is 5.07. The van der Waals surface area contributed by atoms with Crippen LogP contribution in [0.15, 0.2) is 24.3 Å². The van der Waals surface area contributed by atoms with E-state index in [4.69, 9.17) is 4.74 Å². The molecule has 2 amide bonds. The van der Waals surface area contributed by atoms with Crippen LogP contribution in [-0.4, -0.2) is 56.2 Å². The van der Waals surface area contributed by atoms with Gasteiger partial charge in [0.25, 0.3) is 0 Å². The molecule has 1 saturated heterocycles. The molecule has 0 saturated carbocycles. The number of amides is 2. The molecule has 0 unspecified atom stereocenters. The Morgan fingerprint density at radius 3 is 2.15 bits per heavy atom. The maximum absolute atomic E-state index is 12.0. The Labute approximate surface area is 121 Å². The number of anilines is 1. The molecular weight excluding hydrogens is 254 g/mol. The van der Waals surface area contributed by atoms with E-state index in [2.05, 4.69) is 17.3 Å². The van der Waals surface area contributed by atoms with Gasteiger partial charge in [-0.15, -0.1) is 0 Å². The number of nitrogens with zero attached hydrogens (tertiary/aromatic N) is 2. The van der Waals surface area contributed by atoms with Crippen LogP contribution >= 0.6 is 0 Å². The second kappa shape index (κ2) is 8.43. The standard InChI is InChI=1S/C13H19N3O2.C2H6/c1-15-7-9-16(10-8-15)13(17)14-11-3-5-12(18-2)6-4-11;1-2/h3-6H,7-10H2,1-2H3,(H,14,17);1-2H3. The number of rotatable bonds is 2. The fourth-order valence-corrected chi connectivity index (χ4v) is 1.89. The summed E-state index contributed by atoms with van der Waals surface area (Å²) in [6, 6.07) is 7.31. The van der Waals surface area contributed by atoms with Crippen molar-refractivity contribution in [1.82, 2.24) is 9.80 Å². The molecule has 0 bridgehead atoms. The van der Waals surface area contributed by atoms with Crippen molar-refractivity contribution in [2.75, 3.05) is 45.7 Å². The number of ether oxygens (including phenoxy) is 1. The number of methoxy groups -OCH3 is 1. The van der Waals surface area contributed by atoms with Gasteiger partial charge in [-0.3, -0.25) is 0 Å². The van der Waals surface area contributed by atoms with Crippen molar-refractivity contribution < 1.29 is 9.53 Å². The molecule has 5 nitrogen and oxygen atoms in total. The van der Waals surface area contributed by atoms with Gasteiger partial charge in [0.1, 0.15) is 5.75 Å². The van der Waals surface area contributed by atoms with E-state index < -0.39 is 0 Å². The highest BCUT2D eigenvalue weighted by Crippen LogP contribution is 2.15. The molecule has 2 rings (SSSR count). The summed E-state index contributed by atoms with van der Waals surface area (Å²) in [7, 11) is 3.69. The molecule has 112 valence electrons. The zero-order valence-corrected chi connectivity index (χ0v) is 12.8.